The monoisotopic (exact) mass is 875 g/mol. The van der Waals surface area contributed by atoms with Gasteiger partial charge < -0.3 is 14.2 Å². The van der Waals surface area contributed by atoms with Crippen molar-refractivity contribution < 1.29 is 28.6 Å². The molecule has 1 atom stereocenters. The van der Waals surface area contributed by atoms with Gasteiger partial charge in [-0.15, -0.1) is 0 Å². The number of hydrogen-bond donors (Lipinski definition) is 0. The Bertz CT molecular complexity index is 1280. The largest absolute Gasteiger partial charge is 0.462 e. The highest BCUT2D eigenvalue weighted by atomic mass is 16.6. The van der Waals surface area contributed by atoms with E-state index in [1.54, 1.807) is 0 Å². The summed E-state index contributed by atoms with van der Waals surface area (Å²) in [5.41, 5.74) is 0. The summed E-state index contributed by atoms with van der Waals surface area (Å²) in [5.74, 6) is -1.07. The van der Waals surface area contributed by atoms with Crippen LogP contribution in [0.15, 0.2) is 97.2 Å². The van der Waals surface area contributed by atoms with Crippen LogP contribution in [0.3, 0.4) is 0 Å². The van der Waals surface area contributed by atoms with Gasteiger partial charge in [0.15, 0.2) is 6.10 Å². The van der Waals surface area contributed by atoms with Gasteiger partial charge in [0.05, 0.1) is 0 Å². The van der Waals surface area contributed by atoms with Gasteiger partial charge in [-0.1, -0.05) is 227 Å². The highest BCUT2D eigenvalue weighted by molar-refractivity contribution is 5.71. The fraction of sp³-hybridized carbons (Fsp3) is 0.667. The average Bonchev–Trinajstić information content (AvgIpc) is 3.28. The minimum atomic E-state index is -0.835. The van der Waals surface area contributed by atoms with E-state index in [-0.39, 0.29) is 38.0 Å². The Balaban J connectivity index is 4.48. The molecule has 0 rings (SSSR count). The lowest BCUT2D eigenvalue weighted by atomic mass is 10.0. The maximum atomic E-state index is 12.7. The molecule has 1 unspecified atom stereocenters. The molecule has 0 amide bonds. The van der Waals surface area contributed by atoms with Gasteiger partial charge in [-0.05, 0) is 77.0 Å². The van der Waals surface area contributed by atoms with Crippen LogP contribution in [0.25, 0.3) is 0 Å². The van der Waals surface area contributed by atoms with E-state index in [1.165, 1.54) is 96.3 Å². The molecule has 0 radical (unpaired) electrons. The Morgan fingerprint density at radius 1 is 0.333 bits per heavy atom. The second-order valence-corrected chi connectivity index (χ2v) is 16.7. The Kier molecular flexibility index (Phi) is 48.0. The minimum Gasteiger partial charge on any atom is -0.462 e. The molecule has 6 nitrogen and oxygen atoms in total. The highest BCUT2D eigenvalue weighted by Crippen LogP contribution is 2.15. The Hall–Kier alpha value is -3.67. The normalized spacial score (nSPS) is 12.9. The predicted octanol–water partition coefficient (Wildman–Crippen LogP) is 17.0. The first-order valence-electron chi connectivity index (χ1n) is 25.7. The first-order valence-corrected chi connectivity index (χ1v) is 25.7. The van der Waals surface area contributed by atoms with Gasteiger partial charge in [0.25, 0.3) is 0 Å². The van der Waals surface area contributed by atoms with E-state index in [0.717, 1.165) is 77.0 Å². The molecule has 6 heteroatoms. The van der Waals surface area contributed by atoms with Crippen LogP contribution in [0.2, 0.25) is 0 Å². The van der Waals surface area contributed by atoms with Crippen LogP contribution >= 0.6 is 0 Å². The molecule has 0 aromatic rings. The molecule has 0 saturated heterocycles. The minimum absolute atomic E-state index is 0.122. The number of carbonyl (C=O) groups excluding carboxylic acids is 3. The quantitative estimate of drug-likeness (QED) is 0.0262. The molecule has 358 valence electrons. The van der Waals surface area contributed by atoms with Crippen molar-refractivity contribution in [2.75, 3.05) is 13.2 Å². The van der Waals surface area contributed by atoms with Crippen LogP contribution in [0.5, 0.6) is 0 Å². The standard InChI is InChI=1S/C57H94O6/c1-4-7-10-13-16-19-22-24-26-28-29-31-32-35-38-41-44-47-50-56(59)62-53-54(52-61-55(58)49-46-43-40-37-34-21-18-15-12-9-6-3)63-57(60)51-48-45-42-39-36-33-30-27-25-23-20-17-14-11-8-5-2/h8-9,11-12,17-18,20-21,25,27,33,36-37,40,42,45,54H,4-7,10,13-16,19,22-24,26,28-32,34-35,38-39,41,43-44,46-53H2,1-3H3/b11-8-,12-9-,20-17-,21-18-,27-25-,36-33-,40-37-,45-42-. The van der Waals surface area contributed by atoms with E-state index in [0.29, 0.717) is 19.3 Å². The topological polar surface area (TPSA) is 78.9 Å². The van der Waals surface area contributed by atoms with E-state index in [9.17, 15) is 14.4 Å². The van der Waals surface area contributed by atoms with Crippen molar-refractivity contribution in [3.8, 4) is 0 Å². The molecule has 63 heavy (non-hydrogen) atoms. The summed E-state index contributed by atoms with van der Waals surface area (Å²) in [6.07, 6.45) is 67.1. The first kappa shape index (κ1) is 59.3. The first-order chi connectivity index (χ1) is 31.0. The summed E-state index contributed by atoms with van der Waals surface area (Å²) in [6.45, 7) is 6.29. The number of esters is 3. The number of carbonyl (C=O) groups is 3. The van der Waals surface area contributed by atoms with E-state index in [4.69, 9.17) is 14.2 Å². The van der Waals surface area contributed by atoms with Crippen molar-refractivity contribution in [2.24, 2.45) is 0 Å². The number of hydrogen-bond acceptors (Lipinski definition) is 6. The lowest BCUT2D eigenvalue weighted by molar-refractivity contribution is -0.166. The molecule has 0 aromatic heterocycles. The molecule has 0 heterocycles. The van der Waals surface area contributed by atoms with E-state index in [2.05, 4.69) is 106 Å². The van der Waals surface area contributed by atoms with Crippen LogP contribution in [0.4, 0.5) is 0 Å². The van der Waals surface area contributed by atoms with Gasteiger partial charge in [0.1, 0.15) is 13.2 Å². The van der Waals surface area contributed by atoms with Crippen LogP contribution < -0.4 is 0 Å². The summed E-state index contributed by atoms with van der Waals surface area (Å²) < 4.78 is 16.7. The third kappa shape index (κ3) is 49.2. The van der Waals surface area contributed by atoms with Gasteiger partial charge >= 0.3 is 17.9 Å². The average molecular weight is 875 g/mol. The van der Waals surface area contributed by atoms with Gasteiger partial charge in [-0.2, -0.15) is 0 Å². The Morgan fingerprint density at radius 3 is 1.03 bits per heavy atom. The van der Waals surface area contributed by atoms with Crippen LogP contribution in [0.1, 0.15) is 226 Å². The van der Waals surface area contributed by atoms with Crippen molar-refractivity contribution >= 4 is 17.9 Å². The smallest absolute Gasteiger partial charge is 0.306 e. The molecule has 0 saturated carbocycles. The molecule has 0 N–H and O–H groups in total. The zero-order valence-electron chi connectivity index (χ0n) is 40.8. The summed E-state index contributed by atoms with van der Waals surface area (Å²) >= 11 is 0. The van der Waals surface area contributed by atoms with Crippen molar-refractivity contribution in [1.29, 1.82) is 0 Å². The zero-order chi connectivity index (χ0) is 45.8. The van der Waals surface area contributed by atoms with Crippen LogP contribution in [-0.2, 0) is 28.6 Å². The molecule has 0 aliphatic heterocycles. The van der Waals surface area contributed by atoms with Gasteiger partial charge in [0, 0.05) is 19.3 Å². The van der Waals surface area contributed by atoms with E-state index in [1.807, 2.05) is 12.2 Å². The van der Waals surface area contributed by atoms with Crippen molar-refractivity contribution in [2.45, 2.75) is 232 Å². The van der Waals surface area contributed by atoms with Crippen molar-refractivity contribution in [3.63, 3.8) is 0 Å². The summed E-state index contributed by atoms with van der Waals surface area (Å²) in [5, 5.41) is 0. The SMILES string of the molecule is CC/C=C\C/C=C\C/C=C\C/C=C\C/C=C\CCC(=O)OC(COC(=O)CCC/C=C\C/C=C\C/C=C\CC)COC(=O)CCCCCCCCCCCCCCCCCCCC. The maximum absolute atomic E-state index is 12.7. The second-order valence-electron chi connectivity index (χ2n) is 16.7. The third-order valence-electron chi connectivity index (χ3n) is 10.6. The summed E-state index contributed by atoms with van der Waals surface area (Å²) in [6, 6.07) is 0. The molecule has 0 aliphatic carbocycles. The summed E-state index contributed by atoms with van der Waals surface area (Å²) in [7, 11) is 0. The number of rotatable bonds is 45. The van der Waals surface area contributed by atoms with Crippen LogP contribution in [-0.4, -0.2) is 37.2 Å². The van der Waals surface area contributed by atoms with E-state index >= 15 is 0 Å². The number of ether oxygens (including phenoxy) is 3. The van der Waals surface area contributed by atoms with E-state index < -0.39 is 12.1 Å². The lowest BCUT2D eigenvalue weighted by Crippen LogP contribution is -2.30. The maximum Gasteiger partial charge on any atom is 0.306 e. The van der Waals surface area contributed by atoms with Crippen LogP contribution in [0, 0.1) is 0 Å². The molecule has 0 spiro atoms. The number of unbranched alkanes of at least 4 members (excludes halogenated alkanes) is 18. The predicted molar refractivity (Wildman–Crippen MR) is 270 cm³/mol. The van der Waals surface area contributed by atoms with Gasteiger partial charge in [-0.3, -0.25) is 14.4 Å². The molecular weight excluding hydrogens is 781 g/mol. The number of allylic oxidation sites excluding steroid dienone is 16. The van der Waals surface area contributed by atoms with Gasteiger partial charge in [-0.25, -0.2) is 0 Å². The fourth-order valence-corrected chi connectivity index (χ4v) is 6.81. The van der Waals surface area contributed by atoms with Crippen molar-refractivity contribution in [3.05, 3.63) is 97.2 Å². The molecule has 0 aromatic carbocycles. The molecule has 0 aliphatic rings. The molecular formula is C57H94O6. The molecule has 0 bridgehead atoms. The zero-order valence-corrected chi connectivity index (χ0v) is 40.8. The van der Waals surface area contributed by atoms with Crippen molar-refractivity contribution in [1.82, 2.24) is 0 Å². The highest BCUT2D eigenvalue weighted by Gasteiger charge is 2.19. The Labute approximate surface area is 387 Å². The van der Waals surface area contributed by atoms with Gasteiger partial charge in [0.2, 0.25) is 0 Å². The molecule has 0 fully saturated rings. The second kappa shape index (κ2) is 51.0. The fourth-order valence-electron chi connectivity index (χ4n) is 6.81. The Morgan fingerprint density at radius 2 is 0.651 bits per heavy atom. The lowest BCUT2D eigenvalue weighted by Gasteiger charge is -2.18. The summed E-state index contributed by atoms with van der Waals surface area (Å²) in [4.78, 5) is 37.9. The third-order valence-corrected chi connectivity index (χ3v) is 10.6.